The largest absolute Gasteiger partial charge is 0.383 e. The van der Waals surface area contributed by atoms with E-state index in [4.69, 9.17) is 15.7 Å². The number of hydrogen-bond donors (Lipinski definition) is 1. The Morgan fingerprint density at radius 3 is 2.62 bits per heavy atom. The minimum Gasteiger partial charge on any atom is -0.383 e. The Labute approximate surface area is 179 Å². The fourth-order valence-electron chi connectivity index (χ4n) is 4.68. The number of nitrogens with zero attached hydrogens (tertiary/aromatic N) is 4. The van der Waals surface area contributed by atoms with Crippen LogP contribution in [0.3, 0.4) is 0 Å². The van der Waals surface area contributed by atoms with Crippen LogP contribution in [-0.4, -0.2) is 19.6 Å². The molecule has 0 atom stereocenters. The number of nitrogen functional groups attached to an aromatic ring is 1. The summed E-state index contributed by atoms with van der Waals surface area (Å²) in [5.74, 6) is 1.09. The van der Waals surface area contributed by atoms with Crippen molar-refractivity contribution in [2.24, 2.45) is 0 Å². The van der Waals surface area contributed by atoms with Gasteiger partial charge in [0, 0.05) is 23.2 Å². The lowest BCUT2D eigenvalue weighted by atomic mass is 9.87. The lowest BCUT2D eigenvalue weighted by Gasteiger charge is -2.22. The fourth-order valence-corrected chi connectivity index (χ4v) is 5.26. The number of anilines is 1. The number of aromatic nitrogens is 4. The highest BCUT2D eigenvalue weighted by Crippen LogP contribution is 2.39. The van der Waals surface area contributed by atoms with Gasteiger partial charge in [-0.1, -0.05) is 31.4 Å². The van der Waals surface area contributed by atoms with Gasteiger partial charge in [0.1, 0.15) is 5.82 Å². The van der Waals surface area contributed by atoms with Crippen LogP contribution in [0.5, 0.6) is 0 Å². The third-order valence-corrected chi connectivity index (χ3v) is 7.15. The summed E-state index contributed by atoms with van der Waals surface area (Å²) in [7, 11) is 0. The molecule has 5 nitrogen and oxygen atoms in total. The van der Waals surface area contributed by atoms with Gasteiger partial charge in [-0.3, -0.25) is 4.98 Å². The number of allylic oxidation sites excluding steroid dienone is 2. The quantitative estimate of drug-likeness (QED) is 0.518. The zero-order chi connectivity index (χ0) is 19.8. The maximum absolute atomic E-state index is 6.43. The van der Waals surface area contributed by atoms with Gasteiger partial charge in [-0.15, -0.1) is 0 Å². The number of fused-ring (bicyclic) bond motifs is 1. The lowest BCUT2D eigenvalue weighted by Crippen LogP contribution is -2.11. The molecule has 3 aromatic heterocycles. The molecule has 1 fully saturated rings. The molecule has 0 radical (unpaired) electrons. The Hall–Kier alpha value is -2.21. The van der Waals surface area contributed by atoms with E-state index in [2.05, 4.69) is 39.2 Å². The molecule has 0 saturated heterocycles. The standard InChI is InChI=1S/C23H26BrN5/c24-20-21(16-9-5-2-6-10-16)28-23-18(14-27-29(23)22(20)25)17-11-12-19(26-13-17)15-7-3-1-4-8-15/h7,11-14,16H,1-6,8-10,25H2. The van der Waals surface area contributed by atoms with Crippen LogP contribution in [0.4, 0.5) is 5.82 Å². The van der Waals surface area contributed by atoms with Gasteiger partial charge in [0.2, 0.25) is 0 Å². The zero-order valence-electron chi connectivity index (χ0n) is 16.6. The van der Waals surface area contributed by atoms with Crippen LogP contribution in [0.2, 0.25) is 0 Å². The first kappa shape index (κ1) is 18.8. The van der Waals surface area contributed by atoms with Crippen LogP contribution < -0.4 is 5.73 Å². The highest BCUT2D eigenvalue weighted by Gasteiger charge is 2.24. The van der Waals surface area contributed by atoms with E-state index < -0.39 is 0 Å². The molecule has 6 heteroatoms. The predicted molar refractivity (Wildman–Crippen MR) is 121 cm³/mol. The van der Waals surface area contributed by atoms with Gasteiger partial charge in [-0.05, 0) is 66.1 Å². The number of halogens is 1. The van der Waals surface area contributed by atoms with Crippen molar-refractivity contribution < 1.29 is 0 Å². The minimum absolute atomic E-state index is 0.465. The smallest absolute Gasteiger partial charge is 0.165 e. The Morgan fingerprint density at radius 1 is 1.03 bits per heavy atom. The molecular weight excluding hydrogens is 426 g/mol. The molecule has 0 amide bonds. The second-order valence-electron chi connectivity index (χ2n) is 8.23. The predicted octanol–water partition coefficient (Wildman–Crippen LogP) is 6.14. The van der Waals surface area contributed by atoms with Gasteiger partial charge in [0.05, 0.1) is 22.1 Å². The third-order valence-electron chi connectivity index (χ3n) is 6.33. The topological polar surface area (TPSA) is 69.1 Å². The Kier molecular flexibility index (Phi) is 5.12. The molecular formula is C23H26BrN5. The van der Waals surface area contributed by atoms with E-state index in [1.165, 1.54) is 50.5 Å². The van der Waals surface area contributed by atoms with Crippen LogP contribution in [0.15, 0.2) is 35.1 Å². The molecule has 3 aromatic rings. The van der Waals surface area contributed by atoms with E-state index >= 15 is 0 Å². The van der Waals surface area contributed by atoms with Crippen molar-refractivity contribution in [1.82, 2.24) is 19.6 Å². The van der Waals surface area contributed by atoms with Crippen molar-refractivity contribution in [1.29, 1.82) is 0 Å². The Balaban J connectivity index is 1.55. The molecule has 0 aliphatic heterocycles. The van der Waals surface area contributed by atoms with Crippen LogP contribution in [-0.2, 0) is 0 Å². The van der Waals surface area contributed by atoms with Crippen molar-refractivity contribution in [2.45, 2.75) is 63.7 Å². The zero-order valence-corrected chi connectivity index (χ0v) is 18.2. The molecule has 150 valence electrons. The summed E-state index contributed by atoms with van der Waals surface area (Å²) in [6, 6.07) is 4.26. The number of nitrogens with two attached hydrogens (primary N) is 1. The third kappa shape index (κ3) is 3.48. The molecule has 3 heterocycles. The van der Waals surface area contributed by atoms with Crippen LogP contribution in [0.25, 0.3) is 22.3 Å². The summed E-state index contributed by atoms with van der Waals surface area (Å²) in [6.45, 7) is 0. The summed E-state index contributed by atoms with van der Waals surface area (Å²) < 4.78 is 2.63. The molecule has 2 aliphatic carbocycles. The maximum Gasteiger partial charge on any atom is 0.165 e. The molecule has 5 rings (SSSR count). The van der Waals surface area contributed by atoms with Gasteiger partial charge in [-0.2, -0.15) is 9.61 Å². The first-order valence-electron chi connectivity index (χ1n) is 10.7. The van der Waals surface area contributed by atoms with Gasteiger partial charge in [-0.25, -0.2) is 4.98 Å². The average Bonchev–Trinajstić information content (AvgIpc) is 3.22. The van der Waals surface area contributed by atoms with E-state index in [-0.39, 0.29) is 0 Å². The molecule has 0 spiro atoms. The number of rotatable bonds is 3. The molecule has 0 aromatic carbocycles. The van der Waals surface area contributed by atoms with Crippen molar-refractivity contribution in [3.63, 3.8) is 0 Å². The van der Waals surface area contributed by atoms with Crippen molar-refractivity contribution in [2.75, 3.05) is 5.73 Å². The molecule has 1 saturated carbocycles. The summed E-state index contributed by atoms with van der Waals surface area (Å²) in [6.07, 6.45) is 17.2. The maximum atomic E-state index is 6.43. The van der Waals surface area contributed by atoms with Crippen molar-refractivity contribution in [3.05, 3.63) is 46.5 Å². The molecule has 29 heavy (non-hydrogen) atoms. The molecule has 0 bridgehead atoms. The normalized spacial score (nSPS) is 18.2. The monoisotopic (exact) mass is 451 g/mol. The van der Waals surface area contributed by atoms with Crippen LogP contribution in [0, 0.1) is 0 Å². The molecule has 2 aliphatic rings. The highest BCUT2D eigenvalue weighted by molar-refractivity contribution is 9.10. The van der Waals surface area contributed by atoms with Crippen molar-refractivity contribution >= 4 is 33.0 Å². The highest BCUT2D eigenvalue weighted by atomic mass is 79.9. The van der Waals surface area contributed by atoms with Crippen molar-refractivity contribution in [3.8, 4) is 11.1 Å². The SMILES string of the molecule is Nc1c(Br)c(C2CCCCC2)nc2c(-c3ccc(C4=CCCCC4)nc3)cnn12. The van der Waals surface area contributed by atoms with E-state index in [0.717, 1.165) is 45.5 Å². The van der Waals surface area contributed by atoms with E-state index in [0.29, 0.717) is 11.7 Å². The van der Waals surface area contributed by atoms with E-state index in [1.54, 1.807) is 4.52 Å². The summed E-state index contributed by atoms with van der Waals surface area (Å²) in [4.78, 5) is 9.79. The fraction of sp³-hybridized carbons (Fsp3) is 0.435. The summed E-state index contributed by atoms with van der Waals surface area (Å²) in [5.41, 5.74) is 12.8. The molecule has 2 N–H and O–H groups in total. The second kappa shape index (κ2) is 7.90. The Bertz CT molecular complexity index is 1060. The Morgan fingerprint density at radius 2 is 1.90 bits per heavy atom. The van der Waals surface area contributed by atoms with Crippen LogP contribution in [0.1, 0.15) is 75.1 Å². The van der Waals surface area contributed by atoms with Gasteiger partial charge in [0.25, 0.3) is 0 Å². The average molecular weight is 452 g/mol. The first-order chi connectivity index (χ1) is 14.2. The van der Waals surface area contributed by atoms with Gasteiger partial charge >= 0.3 is 0 Å². The van der Waals surface area contributed by atoms with E-state index in [1.807, 2.05) is 12.4 Å². The molecule has 0 unspecified atom stereocenters. The summed E-state index contributed by atoms with van der Waals surface area (Å²) >= 11 is 3.69. The summed E-state index contributed by atoms with van der Waals surface area (Å²) in [5, 5.41) is 4.51. The first-order valence-corrected chi connectivity index (χ1v) is 11.5. The van der Waals surface area contributed by atoms with Crippen LogP contribution >= 0.6 is 15.9 Å². The number of pyridine rings is 1. The van der Waals surface area contributed by atoms with Gasteiger partial charge < -0.3 is 5.73 Å². The van der Waals surface area contributed by atoms with Gasteiger partial charge in [0.15, 0.2) is 5.65 Å². The number of hydrogen-bond acceptors (Lipinski definition) is 4. The van der Waals surface area contributed by atoms with E-state index in [9.17, 15) is 0 Å². The minimum atomic E-state index is 0.465. The lowest BCUT2D eigenvalue weighted by molar-refractivity contribution is 0.435. The second-order valence-corrected chi connectivity index (χ2v) is 9.03.